The van der Waals surface area contributed by atoms with Crippen molar-refractivity contribution in [3.63, 3.8) is 0 Å². The number of aromatic nitrogens is 2. The molecule has 2 aromatic rings. The number of nitrogens with zero attached hydrogens (tertiary/aromatic N) is 1. The van der Waals surface area contributed by atoms with Gasteiger partial charge in [0, 0.05) is 18.6 Å². The average molecular weight is 230 g/mol. The van der Waals surface area contributed by atoms with Crippen LogP contribution in [-0.2, 0) is 4.74 Å². The van der Waals surface area contributed by atoms with Crippen molar-refractivity contribution in [3.8, 4) is 0 Å². The summed E-state index contributed by atoms with van der Waals surface area (Å²) in [6.07, 6.45) is 4.62. The van der Waals surface area contributed by atoms with E-state index in [0.717, 1.165) is 0 Å². The maximum absolute atomic E-state index is 11.5. The third-order valence-electron chi connectivity index (χ3n) is 2.15. The summed E-state index contributed by atoms with van der Waals surface area (Å²) in [5.41, 5.74) is 0.798. The zero-order valence-electron chi connectivity index (χ0n) is 8.92. The van der Waals surface area contributed by atoms with E-state index in [4.69, 9.17) is 4.74 Å². The number of nitrogens with one attached hydrogen (secondary N) is 1. The average Bonchev–Trinajstić information content (AvgIpc) is 2.90. The molecule has 5 nitrogen and oxygen atoms in total. The molecule has 2 rings (SSSR count). The monoisotopic (exact) mass is 230 g/mol. The second-order valence-electron chi connectivity index (χ2n) is 3.32. The van der Waals surface area contributed by atoms with Crippen LogP contribution in [0.1, 0.15) is 20.8 Å². The van der Waals surface area contributed by atoms with Crippen molar-refractivity contribution in [1.29, 1.82) is 0 Å². The molecule has 0 aliphatic heterocycles. The second-order valence-corrected chi connectivity index (χ2v) is 3.32. The predicted octanol–water partition coefficient (Wildman–Crippen LogP) is 1.45. The summed E-state index contributed by atoms with van der Waals surface area (Å²) in [5.74, 6) is -0.801. The zero-order valence-corrected chi connectivity index (χ0v) is 8.92. The van der Waals surface area contributed by atoms with E-state index in [0.29, 0.717) is 11.3 Å². The largest absolute Gasteiger partial charge is 0.454 e. The van der Waals surface area contributed by atoms with Gasteiger partial charge >= 0.3 is 5.97 Å². The molecule has 0 bridgehead atoms. The molecule has 0 saturated heterocycles. The van der Waals surface area contributed by atoms with Crippen LogP contribution in [0.4, 0.5) is 0 Å². The standard InChI is InChI=1S/C12H10N2O3/c15-11(10-2-1-5-14-10)8-17-12(16)9-3-6-13-7-4-9/h1-7,14H,8H2. The van der Waals surface area contributed by atoms with Crippen LogP contribution in [0.3, 0.4) is 0 Å². The van der Waals surface area contributed by atoms with Crippen LogP contribution in [0.5, 0.6) is 0 Å². The van der Waals surface area contributed by atoms with Gasteiger partial charge in [-0.2, -0.15) is 0 Å². The molecule has 0 aliphatic rings. The number of Topliss-reactive ketones (excluding diaryl/α,β-unsaturated/α-hetero) is 1. The Balaban J connectivity index is 1.91. The van der Waals surface area contributed by atoms with Crippen LogP contribution in [0, 0.1) is 0 Å². The maximum Gasteiger partial charge on any atom is 0.338 e. The lowest BCUT2D eigenvalue weighted by Crippen LogP contribution is -2.14. The van der Waals surface area contributed by atoms with E-state index >= 15 is 0 Å². The van der Waals surface area contributed by atoms with E-state index in [1.807, 2.05) is 0 Å². The van der Waals surface area contributed by atoms with Gasteiger partial charge in [0.2, 0.25) is 5.78 Å². The van der Waals surface area contributed by atoms with Crippen molar-refractivity contribution in [2.75, 3.05) is 6.61 Å². The molecule has 5 heteroatoms. The van der Waals surface area contributed by atoms with E-state index in [1.54, 1.807) is 18.3 Å². The first-order chi connectivity index (χ1) is 8.27. The van der Waals surface area contributed by atoms with E-state index in [1.165, 1.54) is 24.5 Å². The van der Waals surface area contributed by atoms with Crippen LogP contribution in [-0.4, -0.2) is 28.3 Å². The number of ketones is 1. The first-order valence-corrected chi connectivity index (χ1v) is 5.01. The Bertz CT molecular complexity index is 506. The highest BCUT2D eigenvalue weighted by molar-refractivity contribution is 5.97. The fraction of sp³-hybridized carbons (Fsp3) is 0.0833. The molecular formula is C12H10N2O3. The van der Waals surface area contributed by atoms with Gasteiger partial charge in [0.25, 0.3) is 0 Å². The molecule has 0 saturated carbocycles. The smallest absolute Gasteiger partial charge is 0.338 e. The van der Waals surface area contributed by atoms with Gasteiger partial charge in [-0.05, 0) is 24.3 Å². The maximum atomic E-state index is 11.5. The number of ether oxygens (including phenoxy) is 1. The van der Waals surface area contributed by atoms with Crippen molar-refractivity contribution < 1.29 is 14.3 Å². The van der Waals surface area contributed by atoms with E-state index < -0.39 is 5.97 Å². The van der Waals surface area contributed by atoms with Crippen LogP contribution < -0.4 is 0 Å². The molecule has 0 atom stereocenters. The molecule has 2 heterocycles. The van der Waals surface area contributed by atoms with Gasteiger partial charge < -0.3 is 9.72 Å². The quantitative estimate of drug-likeness (QED) is 0.637. The van der Waals surface area contributed by atoms with Crippen LogP contribution >= 0.6 is 0 Å². The number of H-pyrrole nitrogens is 1. The number of aromatic amines is 1. The van der Waals surface area contributed by atoms with Crippen molar-refractivity contribution >= 4 is 11.8 Å². The summed E-state index contributed by atoms with van der Waals surface area (Å²) in [6, 6.07) is 6.39. The molecule has 0 aromatic carbocycles. The summed E-state index contributed by atoms with van der Waals surface area (Å²) in [5, 5.41) is 0. The Kier molecular flexibility index (Phi) is 3.30. The summed E-state index contributed by atoms with van der Waals surface area (Å²) < 4.78 is 4.88. The summed E-state index contributed by atoms with van der Waals surface area (Å²) in [4.78, 5) is 29.6. The first kappa shape index (κ1) is 11.1. The van der Waals surface area contributed by atoms with Crippen molar-refractivity contribution in [2.24, 2.45) is 0 Å². The minimum absolute atomic E-state index is 0.266. The van der Waals surface area contributed by atoms with Gasteiger partial charge in [0.1, 0.15) is 0 Å². The number of hydrogen-bond donors (Lipinski definition) is 1. The molecule has 2 aromatic heterocycles. The molecule has 17 heavy (non-hydrogen) atoms. The second kappa shape index (κ2) is 5.07. The summed E-state index contributed by atoms with van der Waals surface area (Å²) in [6.45, 7) is -0.276. The Hall–Kier alpha value is -2.43. The van der Waals surface area contributed by atoms with Crippen LogP contribution in [0.25, 0.3) is 0 Å². The van der Waals surface area contributed by atoms with Crippen molar-refractivity contribution in [3.05, 3.63) is 54.1 Å². The topological polar surface area (TPSA) is 72.1 Å². The number of esters is 1. The zero-order chi connectivity index (χ0) is 12.1. The third kappa shape index (κ3) is 2.78. The minimum atomic E-state index is -0.535. The van der Waals surface area contributed by atoms with Crippen LogP contribution in [0.15, 0.2) is 42.9 Å². The Labute approximate surface area is 97.4 Å². The number of carbonyl (C=O) groups excluding carboxylic acids is 2. The number of pyridine rings is 1. The van der Waals surface area contributed by atoms with Gasteiger partial charge in [-0.1, -0.05) is 0 Å². The molecule has 1 N–H and O–H groups in total. The number of rotatable bonds is 4. The fourth-order valence-electron chi connectivity index (χ4n) is 1.28. The lowest BCUT2D eigenvalue weighted by molar-refractivity contribution is 0.0473. The Morgan fingerprint density at radius 1 is 1.24 bits per heavy atom. The number of hydrogen-bond acceptors (Lipinski definition) is 4. The van der Waals surface area contributed by atoms with Gasteiger partial charge in [-0.15, -0.1) is 0 Å². The van der Waals surface area contributed by atoms with Gasteiger partial charge in [-0.3, -0.25) is 9.78 Å². The highest BCUT2D eigenvalue weighted by Gasteiger charge is 2.11. The van der Waals surface area contributed by atoms with Gasteiger partial charge in [0.05, 0.1) is 11.3 Å². The van der Waals surface area contributed by atoms with E-state index in [2.05, 4.69) is 9.97 Å². The Morgan fingerprint density at radius 2 is 2.00 bits per heavy atom. The first-order valence-electron chi connectivity index (χ1n) is 5.01. The Morgan fingerprint density at radius 3 is 2.65 bits per heavy atom. The molecular weight excluding hydrogens is 220 g/mol. The normalized spacial score (nSPS) is 9.88. The molecule has 0 aliphatic carbocycles. The van der Waals surface area contributed by atoms with Gasteiger partial charge in [0.15, 0.2) is 6.61 Å². The van der Waals surface area contributed by atoms with E-state index in [9.17, 15) is 9.59 Å². The lowest BCUT2D eigenvalue weighted by atomic mass is 10.3. The summed E-state index contributed by atoms with van der Waals surface area (Å²) >= 11 is 0. The molecule has 0 radical (unpaired) electrons. The predicted molar refractivity (Wildman–Crippen MR) is 59.6 cm³/mol. The van der Waals surface area contributed by atoms with Crippen molar-refractivity contribution in [1.82, 2.24) is 9.97 Å². The molecule has 0 amide bonds. The molecule has 86 valence electrons. The number of carbonyl (C=O) groups is 2. The summed E-state index contributed by atoms with van der Waals surface area (Å²) in [7, 11) is 0. The van der Waals surface area contributed by atoms with Gasteiger partial charge in [-0.25, -0.2) is 4.79 Å². The van der Waals surface area contributed by atoms with Crippen molar-refractivity contribution in [2.45, 2.75) is 0 Å². The van der Waals surface area contributed by atoms with Crippen LogP contribution in [0.2, 0.25) is 0 Å². The highest BCUT2D eigenvalue weighted by atomic mass is 16.5. The molecule has 0 fully saturated rings. The lowest BCUT2D eigenvalue weighted by Gasteiger charge is -2.02. The SMILES string of the molecule is O=C(OCC(=O)c1ccc[nH]1)c1ccncc1. The molecule has 0 spiro atoms. The minimum Gasteiger partial charge on any atom is -0.454 e. The fourth-order valence-corrected chi connectivity index (χ4v) is 1.28. The highest BCUT2D eigenvalue weighted by Crippen LogP contribution is 2.01. The third-order valence-corrected chi connectivity index (χ3v) is 2.15. The van der Waals surface area contributed by atoms with E-state index in [-0.39, 0.29) is 12.4 Å². The molecule has 0 unspecified atom stereocenters.